The van der Waals surface area contributed by atoms with Gasteiger partial charge in [0.2, 0.25) is 0 Å². The highest BCUT2D eigenvalue weighted by Gasteiger charge is 2.15. The van der Waals surface area contributed by atoms with Crippen molar-refractivity contribution >= 4 is 34.8 Å². The fourth-order valence-electron chi connectivity index (χ4n) is 2.79. The van der Waals surface area contributed by atoms with E-state index in [0.717, 1.165) is 42.9 Å². The summed E-state index contributed by atoms with van der Waals surface area (Å²) in [5.41, 5.74) is 1.90. The second-order valence-electron chi connectivity index (χ2n) is 6.04. The summed E-state index contributed by atoms with van der Waals surface area (Å²) in [6.07, 6.45) is 2.55. The summed E-state index contributed by atoms with van der Waals surface area (Å²) < 4.78 is 11.6. The van der Waals surface area contributed by atoms with Gasteiger partial charge in [-0.2, -0.15) is 0 Å². The molecule has 0 amide bonds. The van der Waals surface area contributed by atoms with Crippen molar-refractivity contribution in [3.8, 4) is 5.75 Å². The van der Waals surface area contributed by atoms with Crippen molar-refractivity contribution < 1.29 is 9.47 Å². The number of halogens is 3. The van der Waals surface area contributed by atoms with Crippen molar-refractivity contribution in [2.75, 3.05) is 13.2 Å². The number of hydrogen-bond donors (Lipinski definition) is 1. The van der Waals surface area contributed by atoms with E-state index in [1.165, 1.54) is 0 Å². The SMILES string of the molecule is Clc1ccc(COc2ccc(Cl)cc2CNCC2CCCO2)c(Cl)c1. The predicted molar refractivity (Wildman–Crippen MR) is 103 cm³/mol. The molecule has 2 aromatic rings. The molecule has 1 aliphatic rings. The lowest BCUT2D eigenvalue weighted by Gasteiger charge is -2.15. The number of nitrogens with one attached hydrogen (secondary N) is 1. The summed E-state index contributed by atoms with van der Waals surface area (Å²) in [6, 6.07) is 11.0. The van der Waals surface area contributed by atoms with E-state index in [-0.39, 0.29) is 0 Å². The van der Waals surface area contributed by atoms with Gasteiger partial charge in [0.15, 0.2) is 0 Å². The lowest BCUT2D eigenvalue weighted by molar-refractivity contribution is 0.110. The Balaban J connectivity index is 1.61. The summed E-state index contributed by atoms with van der Waals surface area (Å²) in [5.74, 6) is 0.787. The van der Waals surface area contributed by atoms with Gasteiger partial charge in [-0.05, 0) is 43.2 Å². The Bertz CT molecular complexity index is 718. The van der Waals surface area contributed by atoms with Gasteiger partial charge in [-0.3, -0.25) is 0 Å². The normalized spacial score (nSPS) is 17.0. The van der Waals surface area contributed by atoms with Crippen LogP contribution >= 0.6 is 34.8 Å². The number of rotatable bonds is 7. The van der Waals surface area contributed by atoms with Crippen molar-refractivity contribution in [3.05, 3.63) is 62.6 Å². The van der Waals surface area contributed by atoms with E-state index < -0.39 is 0 Å². The maximum atomic E-state index is 6.21. The molecule has 1 fully saturated rings. The van der Waals surface area contributed by atoms with Crippen molar-refractivity contribution in [3.63, 3.8) is 0 Å². The van der Waals surface area contributed by atoms with Gasteiger partial charge in [0, 0.05) is 45.9 Å². The molecule has 1 unspecified atom stereocenters. The zero-order valence-electron chi connectivity index (χ0n) is 13.7. The van der Waals surface area contributed by atoms with Crippen LogP contribution in [0.15, 0.2) is 36.4 Å². The third-order valence-electron chi connectivity index (χ3n) is 4.13. The van der Waals surface area contributed by atoms with Gasteiger partial charge >= 0.3 is 0 Å². The lowest BCUT2D eigenvalue weighted by Crippen LogP contribution is -2.26. The smallest absolute Gasteiger partial charge is 0.124 e. The first-order chi connectivity index (χ1) is 12.1. The summed E-state index contributed by atoms with van der Waals surface area (Å²) >= 11 is 18.3. The van der Waals surface area contributed by atoms with Gasteiger partial charge in [-0.15, -0.1) is 0 Å². The molecule has 3 rings (SSSR count). The topological polar surface area (TPSA) is 30.5 Å². The van der Waals surface area contributed by atoms with Crippen LogP contribution in [0.25, 0.3) is 0 Å². The molecular weight excluding hydrogens is 381 g/mol. The van der Waals surface area contributed by atoms with Crippen LogP contribution in [0, 0.1) is 0 Å². The second kappa shape index (κ2) is 9.11. The summed E-state index contributed by atoms with van der Waals surface area (Å²) in [5, 5.41) is 5.31. The minimum absolute atomic E-state index is 0.302. The van der Waals surface area contributed by atoms with Gasteiger partial charge < -0.3 is 14.8 Å². The van der Waals surface area contributed by atoms with Gasteiger partial charge in [0.25, 0.3) is 0 Å². The summed E-state index contributed by atoms with van der Waals surface area (Å²) in [7, 11) is 0. The van der Waals surface area contributed by atoms with E-state index in [1.54, 1.807) is 12.1 Å². The monoisotopic (exact) mass is 399 g/mol. The summed E-state index contributed by atoms with van der Waals surface area (Å²) in [4.78, 5) is 0. The van der Waals surface area contributed by atoms with Crippen LogP contribution in [-0.2, 0) is 17.9 Å². The third kappa shape index (κ3) is 5.50. The zero-order chi connectivity index (χ0) is 17.6. The Morgan fingerprint density at radius 1 is 1.04 bits per heavy atom. The third-order valence-corrected chi connectivity index (χ3v) is 4.95. The molecular formula is C19H20Cl3NO2. The molecule has 1 heterocycles. The number of benzene rings is 2. The Morgan fingerprint density at radius 2 is 1.84 bits per heavy atom. The standard InChI is InChI=1S/C19H20Cl3NO2/c20-15-5-6-19(25-12-13-3-4-16(21)9-18(13)22)14(8-15)10-23-11-17-2-1-7-24-17/h3-6,8-9,17,23H,1-2,7,10-12H2. The van der Waals surface area contributed by atoms with Crippen molar-refractivity contribution in [2.24, 2.45) is 0 Å². The van der Waals surface area contributed by atoms with Crippen LogP contribution in [0.4, 0.5) is 0 Å². The fraction of sp³-hybridized carbons (Fsp3) is 0.368. The molecule has 3 nitrogen and oxygen atoms in total. The minimum atomic E-state index is 0.302. The van der Waals surface area contributed by atoms with E-state index in [9.17, 15) is 0 Å². The van der Waals surface area contributed by atoms with Crippen LogP contribution in [0.3, 0.4) is 0 Å². The fourth-order valence-corrected chi connectivity index (χ4v) is 3.45. The van der Waals surface area contributed by atoms with E-state index >= 15 is 0 Å². The molecule has 1 aliphatic heterocycles. The molecule has 0 radical (unpaired) electrons. The first-order valence-electron chi connectivity index (χ1n) is 8.29. The van der Waals surface area contributed by atoms with Crippen molar-refractivity contribution in [1.82, 2.24) is 5.32 Å². The molecule has 134 valence electrons. The Hall–Kier alpha value is -0.970. The molecule has 1 saturated heterocycles. The average Bonchev–Trinajstić information content (AvgIpc) is 3.09. The van der Waals surface area contributed by atoms with Gasteiger partial charge in [0.05, 0.1) is 6.10 Å². The Morgan fingerprint density at radius 3 is 2.60 bits per heavy atom. The van der Waals surface area contributed by atoms with Gasteiger partial charge in [-0.25, -0.2) is 0 Å². The van der Waals surface area contributed by atoms with Crippen LogP contribution in [0.1, 0.15) is 24.0 Å². The van der Waals surface area contributed by atoms with Crippen molar-refractivity contribution in [1.29, 1.82) is 0 Å². The highest BCUT2D eigenvalue weighted by molar-refractivity contribution is 6.35. The molecule has 0 aliphatic carbocycles. The molecule has 1 N–H and O–H groups in total. The molecule has 0 bridgehead atoms. The average molecular weight is 401 g/mol. The van der Waals surface area contributed by atoms with Crippen LogP contribution in [0.2, 0.25) is 15.1 Å². The molecule has 6 heteroatoms. The number of hydrogen-bond acceptors (Lipinski definition) is 3. The highest BCUT2D eigenvalue weighted by Crippen LogP contribution is 2.26. The molecule has 0 aromatic heterocycles. The van der Waals surface area contributed by atoms with Gasteiger partial charge in [0.1, 0.15) is 12.4 Å². The molecule has 0 saturated carbocycles. The lowest BCUT2D eigenvalue weighted by atomic mass is 10.2. The first kappa shape index (κ1) is 18.8. The molecule has 2 aromatic carbocycles. The Kier molecular flexibility index (Phi) is 6.85. The maximum absolute atomic E-state index is 6.21. The van der Waals surface area contributed by atoms with Crippen LogP contribution in [0.5, 0.6) is 5.75 Å². The number of ether oxygens (including phenoxy) is 2. The van der Waals surface area contributed by atoms with E-state index in [0.29, 0.717) is 34.3 Å². The van der Waals surface area contributed by atoms with Gasteiger partial charge in [-0.1, -0.05) is 40.9 Å². The summed E-state index contributed by atoms with van der Waals surface area (Å²) in [6.45, 7) is 2.73. The Labute approximate surface area is 163 Å². The molecule has 1 atom stereocenters. The maximum Gasteiger partial charge on any atom is 0.124 e. The highest BCUT2D eigenvalue weighted by atomic mass is 35.5. The van der Waals surface area contributed by atoms with Crippen molar-refractivity contribution in [2.45, 2.75) is 32.1 Å². The zero-order valence-corrected chi connectivity index (χ0v) is 16.0. The van der Waals surface area contributed by atoms with E-state index in [1.807, 2.05) is 24.3 Å². The largest absolute Gasteiger partial charge is 0.489 e. The molecule has 0 spiro atoms. The second-order valence-corrected chi connectivity index (χ2v) is 7.32. The quantitative estimate of drug-likeness (QED) is 0.666. The van der Waals surface area contributed by atoms with Crippen LogP contribution < -0.4 is 10.1 Å². The first-order valence-corrected chi connectivity index (χ1v) is 9.42. The van der Waals surface area contributed by atoms with E-state index in [4.69, 9.17) is 44.3 Å². The van der Waals surface area contributed by atoms with E-state index in [2.05, 4.69) is 5.32 Å². The minimum Gasteiger partial charge on any atom is -0.489 e. The molecule has 25 heavy (non-hydrogen) atoms. The predicted octanol–water partition coefficient (Wildman–Crippen LogP) is 5.49. The van der Waals surface area contributed by atoms with Crippen LogP contribution in [-0.4, -0.2) is 19.3 Å².